The number of halogens is 2. The number of aryl methyl sites for hydroxylation is 2. The minimum absolute atomic E-state index is 0.162. The van der Waals surface area contributed by atoms with Crippen molar-refractivity contribution in [3.63, 3.8) is 0 Å². The Morgan fingerprint density at radius 1 is 1.20 bits per heavy atom. The fourth-order valence-electron chi connectivity index (χ4n) is 5.89. The highest BCUT2D eigenvalue weighted by Crippen LogP contribution is 2.51. The molecular formula is C25H27Cl2N7O. The molecule has 0 bridgehead atoms. The van der Waals surface area contributed by atoms with Gasteiger partial charge in [0.2, 0.25) is 0 Å². The number of aromatic nitrogens is 5. The molecule has 10 heteroatoms. The Bertz CT molecular complexity index is 1480. The van der Waals surface area contributed by atoms with Crippen LogP contribution in [0, 0.1) is 5.41 Å². The third-order valence-electron chi connectivity index (χ3n) is 7.81. The van der Waals surface area contributed by atoms with Gasteiger partial charge in [-0.3, -0.25) is 9.20 Å². The molecule has 0 atom stereocenters. The number of likely N-dealkylation sites (tertiary alicyclic amines) is 1. The third kappa shape index (κ3) is 3.88. The first-order valence-electron chi connectivity index (χ1n) is 11.9. The van der Waals surface area contributed by atoms with Gasteiger partial charge in [0.05, 0.1) is 21.6 Å². The second-order valence-electron chi connectivity index (χ2n) is 10.2. The van der Waals surface area contributed by atoms with Crippen LogP contribution in [-0.4, -0.2) is 62.0 Å². The number of rotatable bonds is 6. The largest absolute Gasteiger partial charge is 0.371 e. The van der Waals surface area contributed by atoms with E-state index in [9.17, 15) is 4.79 Å². The Morgan fingerprint density at radius 2 is 2.00 bits per heavy atom. The summed E-state index contributed by atoms with van der Waals surface area (Å²) in [5.41, 5.74) is 3.25. The summed E-state index contributed by atoms with van der Waals surface area (Å²) in [4.78, 5) is 17.4. The zero-order valence-corrected chi connectivity index (χ0v) is 21.3. The molecule has 35 heavy (non-hydrogen) atoms. The molecular weight excluding hydrogens is 485 g/mol. The maximum absolute atomic E-state index is 12.6. The number of anilines is 1. The fraction of sp³-hybridized carbons (Fsp3) is 0.440. The van der Waals surface area contributed by atoms with Gasteiger partial charge >= 0.3 is 0 Å². The molecule has 0 N–H and O–H groups in total. The highest BCUT2D eigenvalue weighted by molar-refractivity contribution is 6.36. The molecule has 2 aliphatic rings. The van der Waals surface area contributed by atoms with Crippen molar-refractivity contribution in [1.82, 2.24) is 29.3 Å². The zero-order chi connectivity index (χ0) is 24.3. The van der Waals surface area contributed by atoms with E-state index in [1.165, 1.54) is 4.68 Å². The molecule has 2 fully saturated rings. The van der Waals surface area contributed by atoms with Crippen LogP contribution in [0.15, 0.2) is 41.7 Å². The average molecular weight is 512 g/mol. The molecule has 0 radical (unpaired) electrons. The summed E-state index contributed by atoms with van der Waals surface area (Å²) in [6.07, 6.45) is 9.64. The van der Waals surface area contributed by atoms with Crippen LogP contribution in [0.25, 0.3) is 16.4 Å². The van der Waals surface area contributed by atoms with E-state index in [-0.39, 0.29) is 5.56 Å². The van der Waals surface area contributed by atoms with Crippen molar-refractivity contribution in [3.05, 3.63) is 62.9 Å². The van der Waals surface area contributed by atoms with E-state index < -0.39 is 0 Å². The van der Waals surface area contributed by atoms with Crippen LogP contribution in [0.1, 0.15) is 24.8 Å². The van der Waals surface area contributed by atoms with E-state index in [4.69, 9.17) is 23.2 Å². The molecule has 1 aliphatic heterocycles. The maximum Gasteiger partial charge on any atom is 0.275 e. The van der Waals surface area contributed by atoms with Gasteiger partial charge in [-0.1, -0.05) is 23.2 Å². The van der Waals surface area contributed by atoms with E-state index in [2.05, 4.69) is 32.1 Å². The number of nitrogens with zero attached hydrogens (tertiary/aromatic N) is 7. The second-order valence-corrected chi connectivity index (χ2v) is 11.0. The monoisotopic (exact) mass is 511 g/mol. The summed E-state index contributed by atoms with van der Waals surface area (Å²) in [5.74, 6) is 0. The van der Waals surface area contributed by atoms with E-state index in [1.54, 1.807) is 19.6 Å². The van der Waals surface area contributed by atoms with Gasteiger partial charge in [-0.2, -0.15) is 5.10 Å². The summed E-state index contributed by atoms with van der Waals surface area (Å²) >= 11 is 12.8. The first-order chi connectivity index (χ1) is 16.8. The number of pyridine rings is 1. The van der Waals surface area contributed by atoms with Crippen molar-refractivity contribution in [1.29, 1.82) is 0 Å². The minimum atomic E-state index is -0.162. The van der Waals surface area contributed by atoms with E-state index >= 15 is 0 Å². The standard InChI is InChI=1S/C25H27Cl2N7O/c1-31(21-6-5-19(26)23-18(21)11-29-32(2)24(23)35)17-9-25(10-17)13-33(14-25)7-3-4-16-8-22-30-28-15-34(22)12-20(16)27/h5-6,8,11-12,15,17H,3-4,7,9-10,13-14H2,1-2H3. The number of hydrogen-bond acceptors (Lipinski definition) is 6. The molecule has 182 valence electrons. The van der Waals surface area contributed by atoms with Crippen LogP contribution < -0.4 is 10.5 Å². The smallest absolute Gasteiger partial charge is 0.275 e. The summed E-state index contributed by atoms with van der Waals surface area (Å²) < 4.78 is 3.18. The Hall–Kier alpha value is -2.68. The van der Waals surface area contributed by atoms with Crippen LogP contribution in [0.4, 0.5) is 5.69 Å². The molecule has 1 aliphatic carbocycles. The molecule has 6 rings (SSSR count). The quantitative estimate of drug-likeness (QED) is 0.391. The molecule has 0 unspecified atom stereocenters. The average Bonchev–Trinajstić information content (AvgIpc) is 3.23. The Kier molecular flexibility index (Phi) is 5.51. The van der Waals surface area contributed by atoms with Crippen molar-refractivity contribution in [2.75, 3.05) is 31.6 Å². The number of fused-ring (bicyclic) bond motifs is 2. The van der Waals surface area contributed by atoms with Gasteiger partial charge in [-0.05, 0) is 61.4 Å². The molecule has 0 amide bonds. The van der Waals surface area contributed by atoms with Crippen molar-refractivity contribution in [2.24, 2.45) is 12.5 Å². The SMILES string of the molecule is CN(c1ccc(Cl)c2c(=O)n(C)ncc12)C1CC2(C1)CN(CCCc1cc3nncn3cc1Cl)C2. The summed E-state index contributed by atoms with van der Waals surface area (Å²) in [6, 6.07) is 6.32. The van der Waals surface area contributed by atoms with Gasteiger partial charge in [0.25, 0.3) is 5.56 Å². The van der Waals surface area contributed by atoms with Gasteiger partial charge in [-0.15, -0.1) is 10.2 Å². The Morgan fingerprint density at radius 3 is 2.80 bits per heavy atom. The minimum Gasteiger partial charge on any atom is -0.371 e. The van der Waals surface area contributed by atoms with Crippen molar-refractivity contribution in [3.8, 4) is 0 Å². The summed E-state index contributed by atoms with van der Waals surface area (Å²) in [6.45, 7) is 3.38. The lowest BCUT2D eigenvalue weighted by Crippen LogP contribution is -2.66. The lowest BCUT2D eigenvalue weighted by Gasteiger charge is -2.61. The lowest BCUT2D eigenvalue weighted by atomic mass is 9.60. The van der Waals surface area contributed by atoms with Gasteiger partial charge in [0.15, 0.2) is 5.65 Å². The molecule has 3 aromatic heterocycles. The lowest BCUT2D eigenvalue weighted by molar-refractivity contribution is -0.0714. The Balaban J connectivity index is 1.04. The fourth-order valence-corrected chi connectivity index (χ4v) is 6.39. The van der Waals surface area contributed by atoms with E-state index in [0.29, 0.717) is 21.9 Å². The summed E-state index contributed by atoms with van der Waals surface area (Å²) in [5, 5.41) is 14.9. The predicted molar refractivity (Wildman–Crippen MR) is 139 cm³/mol. The van der Waals surface area contributed by atoms with Crippen LogP contribution in [0.2, 0.25) is 10.0 Å². The molecule has 1 saturated carbocycles. The van der Waals surface area contributed by atoms with Crippen molar-refractivity contribution >= 4 is 45.3 Å². The topological polar surface area (TPSA) is 71.6 Å². The van der Waals surface area contributed by atoms with Crippen molar-refractivity contribution in [2.45, 2.75) is 31.7 Å². The molecule has 4 aromatic rings. The molecule has 1 saturated heterocycles. The van der Waals surface area contributed by atoms with Crippen LogP contribution in [-0.2, 0) is 13.5 Å². The van der Waals surface area contributed by atoms with Gasteiger partial charge in [0, 0.05) is 50.5 Å². The molecule has 1 aromatic carbocycles. The molecule has 8 nitrogen and oxygen atoms in total. The first-order valence-corrected chi connectivity index (χ1v) is 12.7. The van der Waals surface area contributed by atoms with Crippen molar-refractivity contribution < 1.29 is 0 Å². The highest BCUT2D eigenvalue weighted by Gasteiger charge is 2.53. The van der Waals surface area contributed by atoms with Crippen LogP contribution >= 0.6 is 23.2 Å². The maximum atomic E-state index is 12.6. The van der Waals surface area contributed by atoms with E-state index in [0.717, 1.165) is 72.6 Å². The van der Waals surface area contributed by atoms with Gasteiger partial charge in [0.1, 0.15) is 6.33 Å². The Labute approximate surface area is 213 Å². The number of benzene rings is 1. The predicted octanol–water partition coefficient (Wildman–Crippen LogP) is 3.82. The summed E-state index contributed by atoms with van der Waals surface area (Å²) in [7, 11) is 3.76. The number of hydrogen-bond donors (Lipinski definition) is 0. The first kappa shape index (κ1) is 22.8. The van der Waals surface area contributed by atoms with Gasteiger partial charge < -0.3 is 9.80 Å². The highest BCUT2D eigenvalue weighted by atomic mass is 35.5. The van der Waals surface area contributed by atoms with Gasteiger partial charge in [-0.25, -0.2) is 4.68 Å². The second kappa shape index (κ2) is 8.47. The zero-order valence-electron chi connectivity index (χ0n) is 19.8. The molecule has 1 spiro atoms. The van der Waals surface area contributed by atoms with Crippen LogP contribution in [0.5, 0.6) is 0 Å². The van der Waals surface area contributed by atoms with E-state index in [1.807, 2.05) is 28.8 Å². The third-order valence-corrected chi connectivity index (χ3v) is 8.46. The van der Waals surface area contributed by atoms with Crippen LogP contribution in [0.3, 0.4) is 0 Å². The normalized spacial score (nSPS) is 17.7. The molecule has 4 heterocycles.